The second-order valence-corrected chi connectivity index (χ2v) is 6.78. The lowest BCUT2D eigenvalue weighted by atomic mass is 9.93. The predicted octanol–water partition coefficient (Wildman–Crippen LogP) is 2.29. The molecule has 1 atom stereocenters. The topological polar surface area (TPSA) is 56.6 Å². The number of nitrogens with zero attached hydrogens (tertiary/aromatic N) is 3. The fourth-order valence-corrected chi connectivity index (χ4v) is 3.64. The molecule has 0 bridgehead atoms. The first kappa shape index (κ1) is 16.1. The number of carbonyl (C=O) groups excluding carboxylic acids is 1. The average molecular weight is 341 g/mol. The number of Topliss-reactive ketones (excluding diaryl/α,β-unsaturated/α-hetero) is 1. The van der Waals surface area contributed by atoms with Gasteiger partial charge in [0.15, 0.2) is 17.3 Å². The molecule has 2 aromatic rings. The van der Waals surface area contributed by atoms with Crippen LogP contribution in [0.2, 0.25) is 0 Å². The minimum Gasteiger partial charge on any atom is -0.486 e. The number of aryl methyl sites for hydroxylation is 1. The smallest absolute Gasteiger partial charge is 0.202 e. The summed E-state index contributed by atoms with van der Waals surface area (Å²) in [5, 5.41) is 0. The van der Waals surface area contributed by atoms with E-state index in [0.717, 1.165) is 44.0 Å². The van der Waals surface area contributed by atoms with Crippen LogP contribution < -0.4 is 9.47 Å². The molecule has 2 aliphatic rings. The van der Waals surface area contributed by atoms with Crippen LogP contribution in [0.3, 0.4) is 0 Å². The highest BCUT2D eigenvalue weighted by Crippen LogP contribution is 2.31. The largest absolute Gasteiger partial charge is 0.486 e. The lowest BCUT2D eigenvalue weighted by Crippen LogP contribution is -2.38. The van der Waals surface area contributed by atoms with Crippen molar-refractivity contribution in [2.24, 2.45) is 13.0 Å². The molecule has 1 aromatic heterocycles. The lowest BCUT2D eigenvalue weighted by molar-refractivity contribution is 0.0797. The highest BCUT2D eigenvalue weighted by Gasteiger charge is 2.28. The molecule has 1 saturated heterocycles. The Morgan fingerprint density at radius 3 is 2.92 bits per heavy atom. The van der Waals surface area contributed by atoms with Crippen molar-refractivity contribution >= 4 is 5.78 Å². The molecule has 0 spiro atoms. The number of carbonyl (C=O) groups is 1. The summed E-state index contributed by atoms with van der Waals surface area (Å²) in [6.45, 7) is 3.82. The first-order chi connectivity index (χ1) is 12.2. The highest BCUT2D eigenvalue weighted by molar-refractivity contribution is 5.94. The standard InChI is InChI=1S/C19H23N3O3/c1-21-8-6-20-19(21)18(23)15-3-2-7-22(13-15)12-14-4-5-16-17(11-14)25-10-9-24-16/h4-6,8,11,15H,2-3,7,9-10,12-13H2,1H3/t15-/m1/s1. The summed E-state index contributed by atoms with van der Waals surface area (Å²) < 4.78 is 13.1. The molecular weight excluding hydrogens is 318 g/mol. The SMILES string of the molecule is Cn1ccnc1C(=O)[C@@H]1CCCN(Cc2ccc3c(c2)OCCO3)C1. The number of piperidine rings is 1. The van der Waals surface area contributed by atoms with Crippen LogP contribution >= 0.6 is 0 Å². The zero-order valence-electron chi connectivity index (χ0n) is 14.5. The molecule has 4 rings (SSSR count). The van der Waals surface area contributed by atoms with E-state index in [0.29, 0.717) is 19.0 Å². The minimum absolute atomic E-state index is 0.0204. The first-order valence-electron chi connectivity index (χ1n) is 8.83. The van der Waals surface area contributed by atoms with Crippen molar-refractivity contribution in [3.05, 3.63) is 42.0 Å². The van der Waals surface area contributed by atoms with E-state index in [2.05, 4.69) is 22.0 Å². The number of hydrogen-bond donors (Lipinski definition) is 0. The maximum atomic E-state index is 12.7. The maximum absolute atomic E-state index is 12.7. The summed E-state index contributed by atoms with van der Waals surface area (Å²) >= 11 is 0. The normalized spacial score (nSPS) is 20.4. The number of ketones is 1. The first-order valence-corrected chi connectivity index (χ1v) is 8.83. The van der Waals surface area contributed by atoms with Crippen LogP contribution in [-0.4, -0.2) is 46.5 Å². The molecule has 132 valence electrons. The van der Waals surface area contributed by atoms with E-state index in [1.807, 2.05) is 23.9 Å². The molecule has 1 fully saturated rings. The van der Waals surface area contributed by atoms with Gasteiger partial charge in [0.25, 0.3) is 0 Å². The Hall–Kier alpha value is -2.34. The molecule has 2 aliphatic heterocycles. The van der Waals surface area contributed by atoms with E-state index in [1.165, 1.54) is 5.56 Å². The van der Waals surface area contributed by atoms with Gasteiger partial charge in [0.2, 0.25) is 5.78 Å². The van der Waals surface area contributed by atoms with Gasteiger partial charge < -0.3 is 14.0 Å². The van der Waals surface area contributed by atoms with Gasteiger partial charge in [-0.05, 0) is 37.1 Å². The third-order valence-electron chi connectivity index (χ3n) is 4.93. The van der Waals surface area contributed by atoms with Gasteiger partial charge >= 0.3 is 0 Å². The van der Waals surface area contributed by atoms with E-state index in [-0.39, 0.29) is 11.7 Å². The molecule has 0 aliphatic carbocycles. The van der Waals surface area contributed by atoms with Gasteiger partial charge in [-0.1, -0.05) is 6.07 Å². The van der Waals surface area contributed by atoms with Crippen molar-refractivity contribution in [2.45, 2.75) is 19.4 Å². The summed E-state index contributed by atoms with van der Waals surface area (Å²) in [7, 11) is 1.87. The van der Waals surface area contributed by atoms with E-state index < -0.39 is 0 Å². The number of imidazole rings is 1. The zero-order valence-corrected chi connectivity index (χ0v) is 14.5. The molecule has 25 heavy (non-hydrogen) atoms. The average Bonchev–Trinajstić information content (AvgIpc) is 3.07. The molecular formula is C19H23N3O3. The fraction of sp³-hybridized carbons (Fsp3) is 0.474. The summed E-state index contributed by atoms with van der Waals surface area (Å²) in [5.74, 6) is 2.37. The molecule has 0 amide bonds. The van der Waals surface area contributed by atoms with Crippen molar-refractivity contribution in [2.75, 3.05) is 26.3 Å². The van der Waals surface area contributed by atoms with Gasteiger partial charge in [-0.3, -0.25) is 9.69 Å². The van der Waals surface area contributed by atoms with Crippen molar-refractivity contribution in [1.29, 1.82) is 0 Å². The van der Waals surface area contributed by atoms with Gasteiger partial charge in [-0.2, -0.15) is 0 Å². The lowest BCUT2D eigenvalue weighted by Gasteiger charge is -2.32. The summed E-state index contributed by atoms with van der Waals surface area (Å²) in [6, 6.07) is 6.11. The van der Waals surface area contributed by atoms with Crippen LogP contribution in [-0.2, 0) is 13.6 Å². The summed E-state index contributed by atoms with van der Waals surface area (Å²) in [5.41, 5.74) is 1.19. The number of aromatic nitrogens is 2. The van der Waals surface area contributed by atoms with Gasteiger partial charge in [0.05, 0.1) is 0 Å². The molecule has 0 N–H and O–H groups in total. The van der Waals surface area contributed by atoms with Crippen LogP contribution in [0, 0.1) is 5.92 Å². The van der Waals surface area contributed by atoms with Gasteiger partial charge in [0, 0.05) is 38.4 Å². The van der Waals surface area contributed by atoms with Crippen molar-refractivity contribution in [1.82, 2.24) is 14.5 Å². The van der Waals surface area contributed by atoms with Gasteiger partial charge in [0.1, 0.15) is 13.2 Å². The van der Waals surface area contributed by atoms with Gasteiger partial charge in [-0.15, -0.1) is 0 Å². The quantitative estimate of drug-likeness (QED) is 0.799. The predicted molar refractivity (Wildman–Crippen MR) is 93.0 cm³/mol. The fourth-order valence-electron chi connectivity index (χ4n) is 3.64. The Balaban J connectivity index is 1.43. The number of ether oxygens (including phenoxy) is 2. The number of likely N-dealkylation sites (tertiary alicyclic amines) is 1. The molecule has 0 unspecified atom stereocenters. The van der Waals surface area contributed by atoms with Crippen molar-refractivity contribution in [3.63, 3.8) is 0 Å². The highest BCUT2D eigenvalue weighted by atomic mass is 16.6. The molecule has 0 saturated carbocycles. The number of fused-ring (bicyclic) bond motifs is 1. The molecule has 6 heteroatoms. The number of benzene rings is 1. The van der Waals surface area contributed by atoms with Crippen LogP contribution in [0.1, 0.15) is 29.0 Å². The van der Waals surface area contributed by atoms with E-state index >= 15 is 0 Å². The van der Waals surface area contributed by atoms with Gasteiger partial charge in [-0.25, -0.2) is 4.98 Å². The Bertz CT molecular complexity index is 771. The molecule has 3 heterocycles. The monoisotopic (exact) mass is 341 g/mol. The third-order valence-corrected chi connectivity index (χ3v) is 4.93. The van der Waals surface area contributed by atoms with Crippen LogP contribution in [0.5, 0.6) is 11.5 Å². The van der Waals surface area contributed by atoms with Crippen LogP contribution in [0.25, 0.3) is 0 Å². The Morgan fingerprint density at radius 1 is 1.28 bits per heavy atom. The second-order valence-electron chi connectivity index (χ2n) is 6.78. The van der Waals surface area contributed by atoms with Crippen LogP contribution in [0.4, 0.5) is 0 Å². The zero-order chi connectivity index (χ0) is 17.2. The Morgan fingerprint density at radius 2 is 2.12 bits per heavy atom. The molecule has 0 radical (unpaired) electrons. The Labute approximate surface area is 147 Å². The van der Waals surface area contributed by atoms with E-state index in [4.69, 9.17) is 9.47 Å². The van der Waals surface area contributed by atoms with E-state index in [9.17, 15) is 4.79 Å². The van der Waals surface area contributed by atoms with E-state index in [1.54, 1.807) is 6.20 Å². The number of rotatable bonds is 4. The molecule has 6 nitrogen and oxygen atoms in total. The maximum Gasteiger partial charge on any atom is 0.202 e. The summed E-state index contributed by atoms with van der Waals surface area (Å²) in [6.07, 6.45) is 5.47. The summed E-state index contributed by atoms with van der Waals surface area (Å²) in [4.78, 5) is 19.3. The van der Waals surface area contributed by atoms with Crippen LogP contribution in [0.15, 0.2) is 30.6 Å². The number of hydrogen-bond acceptors (Lipinski definition) is 5. The third kappa shape index (κ3) is 3.39. The second kappa shape index (κ2) is 6.88. The van der Waals surface area contributed by atoms with Crippen molar-refractivity contribution in [3.8, 4) is 11.5 Å². The minimum atomic E-state index is 0.0204. The van der Waals surface area contributed by atoms with Crippen molar-refractivity contribution < 1.29 is 14.3 Å². The molecule has 1 aromatic carbocycles. The Kier molecular flexibility index (Phi) is 4.44.